The van der Waals surface area contributed by atoms with Crippen molar-refractivity contribution in [3.05, 3.63) is 114 Å². The minimum atomic E-state index is -4.57. The molecule has 40 heavy (non-hydrogen) atoms. The molecule has 3 aromatic heterocycles. The quantitative estimate of drug-likeness (QED) is 0.200. The van der Waals surface area contributed by atoms with Crippen LogP contribution in [-0.4, -0.2) is 9.55 Å². The van der Waals surface area contributed by atoms with Gasteiger partial charge in [0.2, 0.25) is 0 Å². The highest BCUT2D eigenvalue weighted by Gasteiger charge is 2.35. The summed E-state index contributed by atoms with van der Waals surface area (Å²) >= 11 is 0. The largest absolute Gasteiger partial charge is 0.459 e. The third kappa shape index (κ3) is 4.66. The van der Waals surface area contributed by atoms with Gasteiger partial charge in [-0.1, -0.05) is 48.5 Å². The van der Waals surface area contributed by atoms with E-state index in [4.69, 9.17) is 8.83 Å². The standard InChI is InChI=1S/C30H18F6N2O2/c31-29(32,33)21-9-3-1-7-19(21)25-14-13-18(39-25)17-38-24-12-6-5-11-23(24)37-28(38)27-16-15-26(40-27)20-8-2-4-10-22(20)30(34,35)36/h1-16H,17H2. The molecule has 3 aromatic carbocycles. The first-order chi connectivity index (χ1) is 19.1. The number of halogens is 6. The first-order valence-electron chi connectivity index (χ1n) is 12.1. The van der Waals surface area contributed by atoms with Crippen molar-refractivity contribution < 1.29 is 35.2 Å². The van der Waals surface area contributed by atoms with Crippen LogP contribution in [0, 0.1) is 0 Å². The van der Waals surface area contributed by atoms with Crippen LogP contribution in [0.25, 0.3) is 45.3 Å². The number of furan rings is 2. The maximum absolute atomic E-state index is 13.6. The van der Waals surface area contributed by atoms with Gasteiger partial charge in [0.15, 0.2) is 11.6 Å². The van der Waals surface area contributed by atoms with Gasteiger partial charge in [0.05, 0.1) is 28.7 Å². The van der Waals surface area contributed by atoms with E-state index in [-0.39, 0.29) is 35.0 Å². The van der Waals surface area contributed by atoms with Crippen LogP contribution in [0.5, 0.6) is 0 Å². The van der Waals surface area contributed by atoms with Crippen molar-refractivity contribution in [3.8, 4) is 34.2 Å². The minimum absolute atomic E-state index is 0.0190. The van der Waals surface area contributed by atoms with Gasteiger partial charge in [-0.05, 0) is 48.5 Å². The molecule has 0 radical (unpaired) electrons. The van der Waals surface area contributed by atoms with Crippen LogP contribution < -0.4 is 0 Å². The summed E-state index contributed by atoms with van der Waals surface area (Å²) in [5.41, 5.74) is -0.558. The van der Waals surface area contributed by atoms with E-state index in [1.54, 1.807) is 34.9 Å². The second-order valence-corrected chi connectivity index (χ2v) is 9.03. The lowest BCUT2D eigenvalue weighted by Crippen LogP contribution is -2.06. The molecule has 0 atom stereocenters. The molecular weight excluding hydrogens is 534 g/mol. The Morgan fingerprint density at radius 3 is 1.75 bits per heavy atom. The zero-order valence-electron chi connectivity index (χ0n) is 20.4. The molecule has 4 nitrogen and oxygen atoms in total. The number of alkyl halides is 6. The van der Waals surface area contributed by atoms with Crippen molar-refractivity contribution in [3.63, 3.8) is 0 Å². The molecule has 10 heteroatoms. The van der Waals surface area contributed by atoms with Gasteiger partial charge in [0.25, 0.3) is 0 Å². The van der Waals surface area contributed by atoms with Crippen LogP contribution in [0.15, 0.2) is 106 Å². The fraction of sp³-hybridized carbons (Fsp3) is 0.100. The summed E-state index contributed by atoms with van der Waals surface area (Å²) in [6, 6.07) is 23.4. The van der Waals surface area contributed by atoms with Gasteiger partial charge in [0, 0.05) is 11.1 Å². The number of aromatic nitrogens is 2. The van der Waals surface area contributed by atoms with Crippen molar-refractivity contribution in [2.75, 3.05) is 0 Å². The number of rotatable bonds is 5. The molecular formula is C30H18F6N2O2. The highest BCUT2D eigenvalue weighted by atomic mass is 19.4. The van der Waals surface area contributed by atoms with Crippen LogP contribution in [0.2, 0.25) is 0 Å². The Bertz CT molecular complexity index is 1820. The number of fused-ring (bicyclic) bond motifs is 1. The summed E-state index contributed by atoms with van der Waals surface area (Å²) in [6.07, 6.45) is -9.13. The zero-order valence-corrected chi connectivity index (χ0v) is 20.4. The summed E-state index contributed by atoms with van der Waals surface area (Å²) in [7, 11) is 0. The third-order valence-electron chi connectivity index (χ3n) is 6.45. The molecule has 0 saturated heterocycles. The molecule has 0 bridgehead atoms. The average Bonchev–Trinajstić information content (AvgIpc) is 3.67. The first-order valence-corrected chi connectivity index (χ1v) is 12.1. The topological polar surface area (TPSA) is 44.1 Å². The van der Waals surface area contributed by atoms with Gasteiger partial charge in [-0.15, -0.1) is 0 Å². The maximum atomic E-state index is 13.6. The van der Waals surface area contributed by atoms with Gasteiger partial charge in [0.1, 0.15) is 17.3 Å². The lowest BCUT2D eigenvalue weighted by molar-refractivity contribution is -0.138. The Morgan fingerprint density at radius 1 is 0.575 bits per heavy atom. The number of imidazole rings is 1. The van der Waals surface area contributed by atoms with Crippen molar-refractivity contribution in [2.45, 2.75) is 18.9 Å². The van der Waals surface area contributed by atoms with E-state index in [0.717, 1.165) is 12.1 Å². The summed E-state index contributed by atoms with van der Waals surface area (Å²) in [5.74, 6) is 0.969. The molecule has 6 aromatic rings. The van der Waals surface area contributed by atoms with Gasteiger partial charge >= 0.3 is 12.4 Å². The van der Waals surface area contributed by atoms with Crippen LogP contribution in [0.1, 0.15) is 16.9 Å². The van der Waals surface area contributed by atoms with Crippen molar-refractivity contribution in [1.29, 1.82) is 0 Å². The van der Waals surface area contributed by atoms with Gasteiger partial charge in [-0.2, -0.15) is 26.3 Å². The highest BCUT2D eigenvalue weighted by Crippen LogP contribution is 2.40. The average molecular weight is 552 g/mol. The monoisotopic (exact) mass is 552 g/mol. The van der Waals surface area contributed by atoms with E-state index in [1.807, 2.05) is 0 Å². The fourth-order valence-corrected chi connectivity index (χ4v) is 4.68. The normalized spacial score (nSPS) is 12.3. The highest BCUT2D eigenvalue weighted by molar-refractivity contribution is 5.80. The number of para-hydroxylation sites is 2. The molecule has 0 saturated carbocycles. The second kappa shape index (κ2) is 9.48. The van der Waals surface area contributed by atoms with Crippen LogP contribution in [0.3, 0.4) is 0 Å². The minimum Gasteiger partial charge on any atom is -0.459 e. The van der Waals surface area contributed by atoms with Crippen LogP contribution >= 0.6 is 0 Å². The molecule has 0 aliphatic carbocycles. The molecule has 0 fully saturated rings. The smallest absolute Gasteiger partial charge is 0.417 e. The molecule has 0 N–H and O–H groups in total. The van der Waals surface area contributed by atoms with Gasteiger partial charge in [-0.3, -0.25) is 0 Å². The van der Waals surface area contributed by atoms with E-state index < -0.39 is 23.5 Å². The van der Waals surface area contributed by atoms with Gasteiger partial charge < -0.3 is 13.4 Å². The molecule has 3 heterocycles. The molecule has 0 spiro atoms. The van der Waals surface area contributed by atoms with E-state index in [1.165, 1.54) is 54.6 Å². The maximum Gasteiger partial charge on any atom is 0.417 e. The predicted molar refractivity (Wildman–Crippen MR) is 136 cm³/mol. The zero-order chi connectivity index (χ0) is 28.1. The SMILES string of the molecule is FC(F)(F)c1ccccc1-c1ccc(Cn2c(-c3ccc(-c4ccccc4C(F)(F)F)o3)nc3ccccc32)o1. The Morgan fingerprint density at radius 2 is 1.10 bits per heavy atom. The Labute approximate surface area is 223 Å². The van der Waals surface area contributed by atoms with Crippen LogP contribution in [-0.2, 0) is 18.9 Å². The van der Waals surface area contributed by atoms with E-state index in [0.29, 0.717) is 22.6 Å². The fourth-order valence-electron chi connectivity index (χ4n) is 4.68. The van der Waals surface area contributed by atoms with Crippen LogP contribution in [0.4, 0.5) is 26.3 Å². The summed E-state index contributed by atoms with van der Waals surface area (Å²) in [6.45, 7) is 0.0825. The molecule has 6 rings (SSSR count). The number of hydrogen-bond acceptors (Lipinski definition) is 3. The van der Waals surface area contributed by atoms with Gasteiger partial charge in [-0.25, -0.2) is 4.98 Å². The van der Waals surface area contributed by atoms with Crippen molar-refractivity contribution in [2.24, 2.45) is 0 Å². The van der Waals surface area contributed by atoms with E-state index in [2.05, 4.69) is 4.98 Å². The predicted octanol–water partition coefficient (Wildman–Crippen LogP) is 9.31. The molecule has 0 aliphatic heterocycles. The second-order valence-electron chi connectivity index (χ2n) is 9.03. The van der Waals surface area contributed by atoms with Crippen molar-refractivity contribution in [1.82, 2.24) is 9.55 Å². The molecule has 0 unspecified atom stereocenters. The lowest BCUT2D eigenvalue weighted by Gasteiger charge is -2.11. The Hall–Kier alpha value is -4.73. The molecule has 0 aliphatic rings. The number of nitrogens with zero attached hydrogens (tertiary/aromatic N) is 2. The van der Waals surface area contributed by atoms with E-state index in [9.17, 15) is 26.3 Å². The van der Waals surface area contributed by atoms with Crippen molar-refractivity contribution >= 4 is 11.0 Å². The lowest BCUT2D eigenvalue weighted by atomic mass is 10.1. The Kier molecular flexibility index (Phi) is 6.05. The Balaban J connectivity index is 1.40. The number of benzene rings is 3. The summed E-state index contributed by atoms with van der Waals surface area (Å²) in [4.78, 5) is 4.63. The molecule has 202 valence electrons. The third-order valence-corrected chi connectivity index (χ3v) is 6.45. The summed E-state index contributed by atoms with van der Waals surface area (Å²) < 4.78 is 94.9. The number of hydrogen-bond donors (Lipinski definition) is 0. The first kappa shape index (κ1) is 25.5. The summed E-state index contributed by atoms with van der Waals surface area (Å²) in [5, 5.41) is 0. The van der Waals surface area contributed by atoms with E-state index >= 15 is 0 Å². The molecule has 0 amide bonds.